The summed E-state index contributed by atoms with van der Waals surface area (Å²) in [6.45, 7) is 0. The summed E-state index contributed by atoms with van der Waals surface area (Å²) < 4.78 is 0. The highest BCUT2D eigenvalue weighted by atomic mass is 16.1. The highest BCUT2D eigenvalue weighted by Gasteiger charge is 2.03. The molecule has 0 unspecified atom stereocenters. The van der Waals surface area contributed by atoms with E-state index in [1.165, 1.54) is 0 Å². The highest BCUT2D eigenvalue weighted by Crippen LogP contribution is 2.09. The Labute approximate surface area is 61.5 Å². The molecule has 0 saturated carbocycles. The Hall–Kier alpha value is -2.03. The van der Waals surface area contributed by atoms with E-state index in [4.69, 9.17) is 16.7 Å². The maximum atomic E-state index is 10.6. The number of nitrogens with one attached hydrogen (secondary N) is 1. The molecule has 0 amide bonds. The molecule has 1 heterocycles. The van der Waals surface area contributed by atoms with E-state index in [0.717, 1.165) is 0 Å². The maximum absolute atomic E-state index is 10.6. The summed E-state index contributed by atoms with van der Waals surface area (Å²) in [7, 11) is 0. The molecule has 56 valence electrons. The minimum Gasteiger partial charge on any atom is -0.393 e. The summed E-state index contributed by atoms with van der Waals surface area (Å²) in [6, 6.07) is 1.68. The maximum Gasteiger partial charge on any atom is 0.348 e. The smallest absolute Gasteiger partial charge is 0.348 e. The number of H-pyrrole nitrogens is 1. The van der Waals surface area contributed by atoms with Crippen LogP contribution in [0.15, 0.2) is 4.79 Å². The van der Waals surface area contributed by atoms with E-state index >= 15 is 0 Å². The summed E-state index contributed by atoms with van der Waals surface area (Å²) in [5.74, 6) is -0.120. The van der Waals surface area contributed by atoms with Gasteiger partial charge in [-0.25, -0.2) is 4.79 Å². The molecule has 0 aliphatic rings. The molecule has 0 radical (unpaired) electrons. The molecule has 0 atom stereocenters. The van der Waals surface area contributed by atoms with Crippen molar-refractivity contribution in [3.63, 3.8) is 0 Å². The summed E-state index contributed by atoms with van der Waals surface area (Å²) in [5.41, 5.74) is 9.75. The third-order valence-electron chi connectivity index (χ3n) is 1.11. The molecular weight excluding hydrogens is 146 g/mol. The van der Waals surface area contributed by atoms with Crippen LogP contribution in [0.4, 0.5) is 11.5 Å². The first-order valence-electron chi connectivity index (χ1n) is 2.70. The fraction of sp³-hybridized carbons (Fsp3) is 0. The van der Waals surface area contributed by atoms with Crippen LogP contribution < -0.4 is 17.2 Å². The van der Waals surface area contributed by atoms with Crippen LogP contribution in [0.5, 0.6) is 0 Å². The van der Waals surface area contributed by atoms with Crippen molar-refractivity contribution in [1.82, 2.24) is 9.97 Å². The predicted molar refractivity (Wildman–Crippen MR) is 38.4 cm³/mol. The minimum absolute atomic E-state index is 0.00657. The van der Waals surface area contributed by atoms with E-state index in [0.29, 0.717) is 0 Å². The third kappa shape index (κ3) is 1.11. The molecule has 1 aromatic heterocycles. The van der Waals surface area contributed by atoms with Gasteiger partial charge in [0.2, 0.25) is 0 Å². The number of nitrogen functional groups attached to an aromatic ring is 2. The predicted octanol–water partition coefficient (Wildman–Crippen LogP) is -1.19. The van der Waals surface area contributed by atoms with E-state index in [-0.39, 0.29) is 17.2 Å². The van der Waals surface area contributed by atoms with Crippen LogP contribution in [0.3, 0.4) is 0 Å². The van der Waals surface area contributed by atoms with Crippen molar-refractivity contribution in [3.05, 3.63) is 16.2 Å². The first-order chi connectivity index (χ1) is 5.15. The molecular formula is C5H5N5O. The van der Waals surface area contributed by atoms with Crippen LogP contribution in [0.1, 0.15) is 5.69 Å². The Morgan fingerprint density at radius 2 is 2.18 bits per heavy atom. The van der Waals surface area contributed by atoms with E-state index in [2.05, 4.69) is 9.97 Å². The van der Waals surface area contributed by atoms with E-state index in [9.17, 15) is 4.79 Å². The molecule has 0 saturated heterocycles. The largest absolute Gasteiger partial charge is 0.393 e. The molecule has 1 rings (SSSR count). The van der Waals surface area contributed by atoms with Crippen LogP contribution in [-0.2, 0) is 0 Å². The van der Waals surface area contributed by atoms with Crippen molar-refractivity contribution in [2.24, 2.45) is 0 Å². The molecule has 0 aliphatic heterocycles. The standard InChI is InChI=1S/C5H5N5O/c6-1-2-3(7)4(8)10-5(11)9-2/h7H2,(H3,8,9,10,11). The van der Waals surface area contributed by atoms with Gasteiger partial charge in [0.1, 0.15) is 17.5 Å². The first-order valence-corrected chi connectivity index (χ1v) is 2.70. The second-order valence-electron chi connectivity index (χ2n) is 1.83. The number of nitrogens with zero attached hydrogens (tertiary/aromatic N) is 2. The average molecular weight is 151 g/mol. The molecule has 0 spiro atoms. The Kier molecular flexibility index (Phi) is 1.48. The van der Waals surface area contributed by atoms with Gasteiger partial charge in [0.05, 0.1) is 0 Å². The molecule has 1 aromatic rings. The Balaban J connectivity index is 3.52. The lowest BCUT2D eigenvalue weighted by Gasteiger charge is -1.97. The van der Waals surface area contributed by atoms with Gasteiger partial charge in [-0.3, -0.25) is 4.98 Å². The van der Waals surface area contributed by atoms with Crippen LogP contribution in [0, 0.1) is 11.3 Å². The van der Waals surface area contributed by atoms with Crippen LogP contribution in [0.25, 0.3) is 0 Å². The second kappa shape index (κ2) is 2.30. The van der Waals surface area contributed by atoms with Crippen LogP contribution >= 0.6 is 0 Å². The van der Waals surface area contributed by atoms with Crippen molar-refractivity contribution in [3.8, 4) is 6.07 Å². The lowest BCUT2D eigenvalue weighted by atomic mass is 10.3. The number of nitrogens with two attached hydrogens (primary N) is 2. The number of rotatable bonds is 0. The molecule has 0 fully saturated rings. The Morgan fingerprint density at radius 3 is 2.73 bits per heavy atom. The molecule has 5 N–H and O–H groups in total. The monoisotopic (exact) mass is 151 g/mol. The van der Waals surface area contributed by atoms with Crippen molar-refractivity contribution < 1.29 is 0 Å². The lowest BCUT2D eigenvalue weighted by molar-refractivity contribution is 1.07. The van der Waals surface area contributed by atoms with Gasteiger partial charge in [0, 0.05) is 0 Å². The fourth-order valence-corrected chi connectivity index (χ4v) is 0.588. The summed E-state index contributed by atoms with van der Waals surface area (Å²) in [6.07, 6.45) is 0. The normalized spacial score (nSPS) is 9.00. The zero-order valence-corrected chi connectivity index (χ0v) is 5.46. The van der Waals surface area contributed by atoms with Gasteiger partial charge in [0.15, 0.2) is 5.82 Å². The van der Waals surface area contributed by atoms with Gasteiger partial charge >= 0.3 is 5.69 Å². The number of aromatic amines is 1. The zero-order valence-electron chi connectivity index (χ0n) is 5.46. The van der Waals surface area contributed by atoms with Crippen molar-refractivity contribution >= 4 is 11.5 Å². The summed E-state index contributed by atoms with van der Waals surface area (Å²) in [5, 5.41) is 8.38. The topological polar surface area (TPSA) is 122 Å². The third-order valence-corrected chi connectivity index (χ3v) is 1.11. The number of aromatic nitrogens is 2. The van der Waals surface area contributed by atoms with E-state index < -0.39 is 5.69 Å². The molecule has 0 aliphatic carbocycles. The van der Waals surface area contributed by atoms with Gasteiger partial charge in [-0.05, 0) is 0 Å². The molecule has 0 bridgehead atoms. The van der Waals surface area contributed by atoms with Gasteiger partial charge in [-0.15, -0.1) is 0 Å². The van der Waals surface area contributed by atoms with Gasteiger partial charge in [-0.1, -0.05) is 0 Å². The van der Waals surface area contributed by atoms with Crippen LogP contribution in [0.2, 0.25) is 0 Å². The molecule has 6 heteroatoms. The van der Waals surface area contributed by atoms with E-state index in [1.807, 2.05) is 0 Å². The molecule has 6 nitrogen and oxygen atoms in total. The van der Waals surface area contributed by atoms with Gasteiger partial charge < -0.3 is 11.5 Å². The number of nitriles is 1. The quantitative estimate of drug-likeness (QED) is 0.430. The van der Waals surface area contributed by atoms with Crippen molar-refractivity contribution in [1.29, 1.82) is 5.26 Å². The minimum atomic E-state index is -0.673. The van der Waals surface area contributed by atoms with Crippen LogP contribution in [-0.4, -0.2) is 9.97 Å². The van der Waals surface area contributed by atoms with E-state index in [1.54, 1.807) is 6.07 Å². The number of hydrogen-bond donors (Lipinski definition) is 3. The number of hydrogen-bond acceptors (Lipinski definition) is 5. The summed E-state index contributed by atoms with van der Waals surface area (Å²) in [4.78, 5) is 16.0. The fourth-order valence-electron chi connectivity index (χ4n) is 0.588. The zero-order chi connectivity index (χ0) is 8.43. The van der Waals surface area contributed by atoms with Gasteiger partial charge in [0.25, 0.3) is 0 Å². The highest BCUT2D eigenvalue weighted by molar-refractivity contribution is 5.63. The van der Waals surface area contributed by atoms with Gasteiger partial charge in [-0.2, -0.15) is 10.2 Å². The molecule has 0 aromatic carbocycles. The van der Waals surface area contributed by atoms with Crippen molar-refractivity contribution in [2.45, 2.75) is 0 Å². The average Bonchev–Trinajstić information content (AvgIpc) is 1.96. The summed E-state index contributed by atoms with van der Waals surface area (Å²) >= 11 is 0. The number of anilines is 2. The SMILES string of the molecule is N#Cc1[nH]c(=O)nc(N)c1N. The Bertz CT molecular complexity index is 373. The Morgan fingerprint density at radius 1 is 1.55 bits per heavy atom. The first kappa shape index (κ1) is 7.08. The van der Waals surface area contributed by atoms with Crippen molar-refractivity contribution in [2.75, 3.05) is 11.5 Å². The molecule has 11 heavy (non-hydrogen) atoms. The second-order valence-corrected chi connectivity index (χ2v) is 1.83. The lowest BCUT2D eigenvalue weighted by Crippen LogP contribution is -2.16.